The van der Waals surface area contributed by atoms with E-state index in [1.807, 2.05) is 27.1 Å². The third-order valence-electron chi connectivity index (χ3n) is 1.74. The minimum absolute atomic E-state index is 0.178. The molecule has 0 aromatic carbocycles. The van der Waals surface area contributed by atoms with Gasteiger partial charge in [-0.15, -0.1) is 5.10 Å². The number of aromatic nitrogens is 3. The molecular weight excluding hydrogens is 156 g/mol. The van der Waals surface area contributed by atoms with E-state index in [-0.39, 0.29) is 5.41 Å². The first-order valence-corrected chi connectivity index (χ1v) is 3.75. The molecule has 0 atom stereocenters. The molecule has 0 saturated carbocycles. The van der Waals surface area contributed by atoms with Crippen molar-refractivity contribution in [1.82, 2.24) is 15.0 Å². The smallest absolute Gasteiger partial charge is 0.0906 e. The summed E-state index contributed by atoms with van der Waals surface area (Å²) in [6.45, 7) is 4.44. The fraction of sp³-hybridized carbons (Fsp3) is 0.714. The van der Waals surface area contributed by atoms with E-state index < -0.39 is 0 Å². The second kappa shape index (κ2) is 3.20. The maximum atomic E-state index is 5.00. The van der Waals surface area contributed by atoms with Crippen LogP contribution in [0.25, 0.3) is 0 Å². The Kier molecular flexibility index (Phi) is 2.44. The molecule has 1 rings (SSSR count). The fourth-order valence-corrected chi connectivity index (χ4v) is 0.940. The van der Waals surface area contributed by atoms with Gasteiger partial charge in [0.15, 0.2) is 0 Å². The summed E-state index contributed by atoms with van der Waals surface area (Å²) in [6.07, 6.45) is 1.86. The highest BCUT2D eigenvalue weighted by atomic mass is 16.6. The lowest BCUT2D eigenvalue weighted by Crippen LogP contribution is -2.26. The Labute approximate surface area is 71.5 Å². The van der Waals surface area contributed by atoms with Crippen molar-refractivity contribution in [3.63, 3.8) is 0 Å². The topological polar surface area (TPSA) is 66.0 Å². The van der Waals surface area contributed by atoms with Gasteiger partial charge in [0.2, 0.25) is 0 Å². The molecule has 0 spiro atoms. The van der Waals surface area contributed by atoms with Gasteiger partial charge in [-0.25, -0.2) is 5.90 Å². The first kappa shape index (κ1) is 9.15. The van der Waals surface area contributed by atoms with E-state index >= 15 is 0 Å². The molecule has 0 bridgehead atoms. The summed E-state index contributed by atoms with van der Waals surface area (Å²) in [5.41, 5.74) is 0.707. The van der Waals surface area contributed by atoms with Crippen LogP contribution in [0.1, 0.15) is 19.5 Å². The van der Waals surface area contributed by atoms with Gasteiger partial charge < -0.3 is 4.84 Å². The Morgan fingerprint density at radius 2 is 2.33 bits per heavy atom. The monoisotopic (exact) mass is 170 g/mol. The van der Waals surface area contributed by atoms with Crippen LogP contribution in [0.4, 0.5) is 0 Å². The molecule has 0 aliphatic heterocycles. The molecule has 1 aromatic rings. The Hall–Kier alpha value is -0.940. The van der Waals surface area contributed by atoms with E-state index in [2.05, 4.69) is 15.1 Å². The van der Waals surface area contributed by atoms with Crippen LogP contribution >= 0.6 is 0 Å². The maximum Gasteiger partial charge on any atom is 0.0906 e. The zero-order valence-electron chi connectivity index (χ0n) is 7.61. The Morgan fingerprint density at radius 3 is 2.75 bits per heavy atom. The van der Waals surface area contributed by atoms with Gasteiger partial charge in [0, 0.05) is 18.7 Å². The summed E-state index contributed by atoms with van der Waals surface area (Å²) >= 11 is 0. The van der Waals surface area contributed by atoms with Crippen LogP contribution in [0.3, 0.4) is 0 Å². The standard InChI is InChI=1S/C7H14N4O/c1-7(2,5-12-8)6-4-11(3)10-9-6/h4H,5,8H2,1-3H3. The number of rotatable bonds is 3. The Bertz CT molecular complexity index is 256. The number of hydrogen-bond donors (Lipinski definition) is 1. The lowest BCUT2D eigenvalue weighted by Gasteiger charge is -2.19. The molecule has 0 radical (unpaired) electrons. The fourth-order valence-electron chi connectivity index (χ4n) is 0.940. The van der Waals surface area contributed by atoms with Gasteiger partial charge in [0.05, 0.1) is 12.3 Å². The second-order valence-electron chi connectivity index (χ2n) is 3.47. The van der Waals surface area contributed by atoms with Crippen molar-refractivity contribution >= 4 is 0 Å². The Balaban J connectivity index is 2.81. The van der Waals surface area contributed by atoms with Gasteiger partial charge in [0.25, 0.3) is 0 Å². The number of aryl methyl sites for hydroxylation is 1. The SMILES string of the molecule is Cn1cc(C(C)(C)CON)nn1. The molecule has 0 fully saturated rings. The summed E-state index contributed by atoms with van der Waals surface area (Å²) in [5, 5.41) is 7.82. The van der Waals surface area contributed by atoms with Gasteiger partial charge in [-0.1, -0.05) is 19.1 Å². The van der Waals surface area contributed by atoms with Crippen LogP contribution in [-0.4, -0.2) is 21.6 Å². The quantitative estimate of drug-likeness (QED) is 0.647. The lowest BCUT2D eigenvalue weighted by molar-refractivity contribution is 0.0949. The van der Waals surface area contributed by atoms with E-state index in [1.54, 1.807) is 4.68 Å². The van der Waals surface area contributed by atoms with Crippen LogP contribution < -0.4 is 5.90 Å². The third-order valence-corrected chi connectivity index (χ3v) is 1.74. The average molecular weight is 170 g/mol. The molecule has 68 valence electrons. The van der Waals surface area contributed by atoms with Crippen LogP contribution in [0.15, 0.2) is 6.20 Å². The molecule has 2 N–H and O–H groups in total. The second-order valence-corrected chi connectivity index (χ2v) is 3.47. The zero-order chi connectivity index (χ0) is 9.19. The van der Waals surface area contributed by atoms with E-state index in [0.717, 1.165) is 5.69 Å². The molecule has 5 nitrogen and oxygen atoms in total. The van der Waals surface area contributed by atoms with E-state index in [9.17, 15) is 0 Å². The van der Waals surface area contributed by atoms with Crippen molar-refractivity contribution in [2.24, 2.45) is 12.9 Å². The normalized spacial score (nSPS) is 12.0. The van der Waals surface area contributed by atoms with Gasteiger partial charge in [-0.05, 0) is 0 Å². The minimum Gasteiger partial charge on any atom is -0.304 e. The Morgan fingerprint density at radius 1 is 1.67 bits per heavy atom. The van der Waals surface area contributed by atoms with Crippen molar-refractivity contribution in [3.8, 4) is 0 Å². The predicted octanol–water partition coefficient (Wildman–Crippen LogP) is -0.0170. The third kappa shape index (κ3) is 1.80. The predicted molar refractivity (Wildman–Crippen MR) is 44.2 cm³/mol. The highest BCUT2D eigenvalue weighted by Gasteiger charge is 2.23. The molecule has 0 amide bonds. The van der Waals surface area contributed by atoms with E-state index in [0.29, 0.717) is 6.61 Å². The van der Waals surface area contributed by atoms with E-state index in [4.69, 9.17) is 5.90 Å². The van der Waals surface area contributed by atoms with Gasteiger partial charge in [0.1, 0.15) is 0 Å². The number of nitrogens with two attached hydrogens (primary N) is 1. The van der Waals surface area contributed by atoms with Crippen molar-refractivity contribution in [1.29, 1.82) is 0 Å². The van der Waals surface area contributed by atoms with Crippen LogP contribution in [0, 0.1) is 0 Å². The molecule has 12 heavy (non-hydrogen) atoms. The summed E-state index contributed by atoms with van der Waals surface area (Å²) in [4.78, 5) is 4.59. The molecule has 0 saturated heterocycles. The summed E-state index contributed by atoms with van der Waals surface area (Å²) in [6, 6.07) is 0. The van der Waals surface area contributed by atoms with Crippen molar-refractivity contribution in [2.45, 2.75) is 19.3 Å². The summed E-state index contributed by atoms with van der Waals surface area (Å²) in [5.74, 6) is 5.00. The van der Waals surface area contributed by atoms with Crippen LogP contribution in [0.5, 0.6) is 0 Å². The van der Waals surface area contributed by atoms with E-state index in [1.165, 1.54) is 0 Å². The van der Waals surface area contributed by atoms with Gasteiger partial charge in [-0.2, -0.15) is 0 Å². The summed E-state index contributed by atoms with van der Waals surface area (Å²) in [7, 11) is 1.83. The maximum absolute atomic E-state index is 5.00. The van der Waals surface area contributed by atoms with Crippen LogP contribution in [0.2, 0.25) is 0 Å². The molecule has 0 aliphatic carbocycles. The zero-order valence-corrected chi connectivity index (χ0v) is 7.61. The van der Waals surface area contributed by atoms with Gasteiger partial charge >= 0.3 is 0 Å². The summed E-state index contributed by atoms with van der Waals surface area (Å²) < 4.78 is 1.66. The molecule has 1 heterocycles. The first-order valence-electron chi connectivity index (χ1n) is 3.75. The molecule has 1 aromatic heterocycles. The first-order chi connectivity index (χ1) is 5.56. The van der Waals surface area contributed by atoms with Gasteiger partial charge in [-0.3, -0.25) is 4.68 Å². The van der Waals surface area contributed by atoms with Crippen molar-refractivity contribution in [2.75, 3.05) is 6.61 Å². The lowest BCUT2D eigenvalue weighted by atomic mass is 9.91. The molecular formula is C7H14N4O. The molecule has 0 aliphatic rings. The van der Waals surface area contributed by atoms with Crippen molar-refractivity contribution in [3.05, 3.63) is 11.9 Å². The average Bonchev–Trinajstić information content (AvgIpc) is 2.36. The van der Waals surface area contributed by atoms with Crippen LogP contribution in [-0.2, 0) is 17.3 Å². The number of nitrogens with zero attached hydrogens (tertiary/aromatic N) is 3. The highest BCUT2D eigenvalue weighted by Crippen LogP contribution is 2.19. The van der Waals surface area contributed by atoms with Crippen molar-refractivity contribution < 1.29 is 4.84 Å². The highest BCUT2D eigenvalue weighted by molar-refractivity contribution is 5.08. The molecule has 0 unspecified atom stereocenters. The largest absolute Gasteiger partial charge is 0.304 e. The molecule has 5 heteroatoms. The number of hydrogen-bond acceptors (Lipinski definition) is 4. The minimum atomic E-state index is -0.178.